The summed E-state index contributed by atoms with van der Waals surface area (Å²) in [5, 5.41) is 3.58. The fourth-order valence-corrected chi connectivity index (χ4v) is 2.67. The molecule has 0 fully saturated rings. The summed E-state index contributed by atoms with van der Waals surface area (Å²) in [5.41, 5.74) is 2.63. The highest BCUT2D eigenvalue weighted by atomic mass is 15.1. The normalized spacial score (nSPS) is 11.2. The van der Waals surface area contributed by atoms with Crippen molar-refractivity contribution in [2.24, 2.45) is 0 Å². The predicted octanol–water partition coefficient (Wildman–Crippen LogP) is 4.13. The van der Waals surface area contributed by atoms with Crippen LogP contribution in [-0.4, -0.2) is 45.2 Å². The highest BCUT2D eigenvalue weighted by Crippen LogP contribution is 2.11. The number of hydrogen-bond acceptors (Lipinski definition) is 3. The highest BCUT2D eigenvalue weighted by molar-refractivity contribution is 5.45. The Kier molecular flexibility index (Phi) is 10.8. The maximum Gasteiger partial charge on any atom is 0.0361 e. The van der Waals surface area contributed by atoms with Gasteiger partial charge in [-0.05, 0) is 63.1 Å². The van der Waals surface area contributed by atoms with Crippen LogP contribution in [0.4, 0.5) is 5.69 Å². The van der Waals surface area contributed by atoms with Crippen LogP contribution in [0.25, 0.3) is 0 Å². The lowest BCUT2D eigenvalue weighted by molar-refractivity contribution is 0.261. The molecule has 0 amide bonds. The summed E-state index contributed by atoms with van der Waals surface area (Å²) in [5.74, 6) is 0. The predicted molar refractivity (Wildman–Crippen MR) is 103 cm³/mol. The van der Waals surface area contributed by atoms with Gasteiger partial charge in [0, 0.05) is 26.3 Å². The van der Waals surface area contributed by atoms with E-state index in [1.807, 2.05) is 0 Å². The maximum absolute atomic E-state index is 3.58. The van der Waals surface area contributed by atoms with Gasteiger partial charge in [0.15, 0.2) is 0 Å². The van der Waals surface area contributed by atoms with E-state index in [4.69, 9.17) is 0 Å². The first kappa shape index (κ1) is 20.0. The number of rotatable bonds is 13. The molecule has 0 unspecified atom stereocenters. The van der Waals surface area contributed by atoms with Crippen LogP contribution in [0.15, 0.2) is 24.3 Å². The Bertz CT molecular complexity index is 378. The molecule has 23 heavy (non-hydrogen) atoms. The number of nitrogens with zero attached hydrogens (tertiary/aromatic N) is 2. The first-order valence-electron chi connectivity index (χ1n) is 9.36. The van der Waals surface area contributed by atoms with Gasteiger partial charge in [-0.3, -0.25) is 0 Å². The van der Waals surface area contributed by atoms with Crippen molar-refractivity contribution in [1.29, 1.82) is 0 Å². The van der Waals surface area contributed by atoms with E-state index in [9.17, 15) is 0 Å². The number of hydrogen-bond donors (Lipinski definition) is 1. The van der Waals surface area contributed by atoms with Gasteiger partial charge in [-0.1, -0.05) is 38.8 Å². The van der Waals surface area contributed by atoms with Gasteiger partial charge in [0.1, 0.15) is 0 Å². The fraction of sp³-hybridized carbons (Fsp3) is 0.700. The average Bonchev–Trinajstić information content (AvgIpc) is 2.56. The summed E-state index contributed by atoms with van der Waals surface area (Å²) in [4.78, 5) is 4.78. The number of anilines is 1. The molecule has 0 aliphatic rings. The monoisotopic (exact) mass is 319 g/mol. The summed E-state index contributed by atoms with van der Waals surface area (Å²) in [6, 6.07) is 8.82. The number of unbranched alkanes of at least 4 members (excludes halogenated alkanes) is 2. The molecule has 1 N–H and O–H groups in total. The summed E-state index contributed by atoms with van der Waals surface area (Å²) in [6.07, 6.45) is 6.49. The lowest BCUT2D eigenvalue weighted by Gasteiger charge is -2.22. The molecule has 3 heteroatoms. The Hall–Kier alpha value is -1.06. The average molecular weight is 320 g/mol. The third-order valence-corrected chi connectivity index (χ3v) is 4.27. The lowest BCUT2D eigenvalue weighted by Crippen LogP contribution is -2.29. The fourth-order valence-electron chi connectivity index (χ4n) is 2.67. The van der Waals surface area contributed by atoms with Crippen molar-refractivity contribution in [3.63, 3.8) is 0 Å². The second-order valence-electron chi connectivity index (χ2n) is 6.64. The van der Waals surface area contributed by atoms with Gasteiger partial charge in [-0.2, -0.15) is 0 Å². The Morgan fingerprint density at radius 2 is 1.39 bits per heavy atom. The van der Waals surface area contributed by atoms with Gasteiger partial charge in [-0.25, -0.2) is 0 Å². The third kappa shape index (κ3) is 8.97. The Labute approximate surface area is 144 Å². The zero-order chi connectivity index (χ0) is 16.9. The molecule has 0 aromatic heterocycles. The van der Waals surface area contributed by atoms with Crippen LogP contribution in [0.2, 0.25) is 0 Å². The van der Waals surface area contributed by atoms with E-state index in [1.165, 1.54) is 63.0 Å². The van der Waals surface area contributed by atoms with E-state index in [0.717, 1.165) is 13.1 Å². The first-order chi connectivity index (χ1) is 11.2. The molecule has 0 saturated carbocycles. The SMILES string of the molecule is CCCCN(CCCC)CCCNCc1ccc(N(C)C)cc1. The van der Waals surface area contributed by atoms with E-state index in [0.29, 0.717) is 0 Å². The Morgan fingerprint density at radius 3 is 1.91 bits per heavy atom. The van der Waals surface area contributed by atoms with Gasteiger partial charge in [0.2, 0.25) is 0 Å². The molecule has 0 aliphatic carbocycles. The van der Waals surface area contributed by atoms with Gasteiger partial charge < -0.3 is 15.1 Å². The van der Waals surface area contributed by atoms with E-state index in [1.54, 1.807) is 0 Å². The van der Waals surface area contributed by atoms with Crippen molar-refractivity contribution < 1.29 is 0 Å². The summed E-state index contributed by atoms with van der Waals surface area (Å²) in [6.45, 7) is 10.4. The molecule has 0 radical (unpaired) electrons. The van der Waals surface area contributed by atoms with Crippen molar-refractivity contribution in [3.05, 3.63) is 29.8 Å². The highest BCUT2D eigenvalue weighted by Gasteiger charge is 2.03. The number of benzene rings is 1. The molecule has 0 saturated heterocycles. The first-order valence-corrected chi connectivity index (χ1v) is 9.36. The largest absolute Gasteiger partial charge is 0.378 e. The maximum atomic E-state index is 3.58. The van der Waals surface area contributed by atoms with Crippen molar-refractivity contribution in [2.75, 3.05) is 45.2 Å². The molecule has 0 spiro atoms. The second kappa shape index (κ2) is 12.4. The molecule has 3 nitrogen and oxygen atoms in total. The standard InChI is InChI=1S/C20H37N3/c1-5-7-15-23(16-8-6-2)17-9-14-21-18-19-10-12-20(13-11-19)22(3)4/h10-13,21H,5-9,14-18H2,1-4H3. The quantitative estimate of drug-likeness (QED) is 0.551. The van der Waals surface area contributed by atoms with Crippen LogP contribution in [0.1, 0.15) is 51.5 Å². The molecule has 0 aliphatic heterocycles. The van der Waals surface area contributed by atoms with Crippen molar-refractivity contribution in [2.45, 2.75) is 52.5 Å². The van der Waals surface area contributed by atoms with Crippen molar-refractivity contribution in [1.82, 2.24) is 10.2 Å². The third-order valence-electron chi connectivity index (χ3n) is 4.27. The van der Waals surface area contributed by atoms with E-state index >= 15 is 0 Å². The van der Waals surface area contributed by atoms with Crippen molar-refractivity contribution >= 4 is 5.69 Å². The van der Waals surface area contributed by atoms with Gasteiger partial charge in [0.05, 0.1) is 0 Å². The lowest BCUT2D eigenvalue weighted by atomic mass is 10.2. The minimum atomic E-state index is 0.970. The minimum Gasteiger partial charge on any atom is -0.378 e. The molecular formula is C20H37N3. The molecule has 0 atom stereocenters. The van der Waals surface area contributed by atoms with Crippen LogP contribution in [0, 0.1) is 0 Å². The van der Waals surface area contributed by atoms with Crippen LogP contribution >= 0.6 is 0 Å². The van der Waals surface area contributed by atoms with Gasteiger partial charge in [0.25, 0.3) is 0 Å². The van der Waals surface area contributed by atoms with E-state index in [2.05, 4.69) is 67.3 Å². The molecule has 0 heterocycles. The van der Waals surface area contributed by atoms with E-state index in [-0.39, 0.29) is 0 Å². The zero-order valence-electron chi connectivity index (χ0n) is 15.8. The Balaban J connectivity index is 2.19. The van der Waals surface area contributed by atoms with Crippen LogP contribution in [-0.2, 0) is 6.54 Å². The number of nitrogens with one attached hydrogen (secondary N) is 1. The second-order valence-corrected chi connectivity index (χ2v) is 6.64. The van der Waals surface area contributed by atoms with Crippen molar-refractivity contribution in [3.8, 4) is 0 Å². The summed E-state index contributed by atoms with van der Waals surface area (Å²) >= 11 is 0. The molecule has 1 aromatic carbocycles. The molecule has 1 aromatic rings. The molecular weight excluding hydrogens is 282 g/mol. The topological polar surface area (TPSA) is 18.5 Å². The van der Waals surface area contributed by atoms with Crippen LogP contribution < -0.4 is 10.2 Å². The summed E-state index contributed by atoms with van der Waals surface area (Å²) < 4.78 is 0. The van der Waals surface area contributed by atoms with Crippen LogP contribution in [0.3, 0.4) is 0 Å². The van der Waals surface area contributed by atoms with Gasteiger partial charge >= 0.3 is 0 Å². The van der Waals surface area contributed by atoms with Crippen LogP contribution in [0.5, 0.6) is 0 Å². The minimum absolute atomic E-state index is 0.970. The Morgan fingerprint density at radius 1 is 0.826 bits per heavy atom. The molecule has 1 rings (SSSR count). The van der Waals surface area contributed by atoms with E-state index < -0.39 is 0 Å². The molecule has 132 valence electrons. The summed E-state index contributed by atoms with van der Waals surface area (Å²) in [7, 11) is 4.16. The zero-order valence-corrected chi connectivity index (χ0v) is 15.8. The smallest absolute Gasteiger partial charge is 0.0361 e. The molecule has 0 bridgehead atoms. The van der Waals surface area contributed by atoms with Gasteiger partial charge in [-0.15, -0.1) is 0 Å².